The van der Waals surface area contributed by atoms with Gasteiger partial charge in [-0.3, -0.25) is 4.79 Å². The van der Waals surface area contributed by atoms with E-state index in [1.807, 2.05) is 0 Å². The van der Waals surface area contributed by atoms with Gasteiger partial charge in [0.15, 0.2) is 6.07 Å². The zero-order valence-electron chi connectivity index (χ0n) is 10.6. The van der Waals surface area contributed by atoms with Crippen LogP contribution in [0.1, 0.15) is 0 Å². The van der Waals surface area contributed by atoms with Crippen molar-refractivity contribution in [1.82, 2.24) is 5.32 Å². The Balaban J connectivity index is 2.99. The molecular formula is C11H20N2O5. The van der Waals surface area contributed by atoms with Crippen molar-refractivity contribution in [3.63, 3.8) is 0 Å². The van der Waals surface area contributed by atoms with Crippen molar-refractivity contribution in [3.8, 4) is 6.07 Å². The highest BCUT2D eigenvalue weighted by Crippen LogP contribution is 1.81. The second-order valence-electron chi connectivity index (χ2n) is 3.20. The predicted molar refractivity (Wildman–Crippen MR) is 63.0 cm³/mol. The lowest BCUT2D eigenvalue weighted by molar-refractivity contribution is -0.116. The van der Waals surface area contributed by atoms with Gasteiger partial charge in [-0.1, -0.05) is 0 Å². The number of amides is 1. The maximum absolute atomic E-state index is 10.5. The van der Waals surface area contributed by atoms with Crippen LogP contribution in [0.25, 0.3) is 0 Å². The van der Waals surface area contributed by atoms with E-state index in [1.165, 1.54) is 6.07 Å². The fraction of sp³-hybridized carbons (Fsp3) is 0.818. The van der Waals surface area contributed by atoms with Crippen molar-refractivity contribution in [2.45, 2.75) is 0 Å². The number of carbonyl (C=O) groups excluding carboxylic acids is 1. The number of hydrogen-bond donors (Lipinski definition) is 1. The summed E-state index contributed by atoms with van der Waals surface area (Å²) >= 11 is 0. The van der Waals surface area contributed by atoms with Crippen LogP contribution in [0.4, 0.5) is 0 Å². The molecule has 0 aliphatic carbocycles. The van der Waals surface area contributed by atoms with Gasteiger partial charge in [0.25, 0.3) is 0 Å². The molecule has 0 aromatic rings. The molecule has 7 nitrogen and oxygen atoms in total. The lowest BCUT2D eigenvalue weighted by atomic mass is 10.6. The number of hydrogen-bond acceptors (Lipinski definition) is 6. The zero-order chi connectivity index (χ0) is 13.5. The van der Waals surface area contributed by atoms with E-state index in [9.17, 15) is 4.79 Å². The third-order valence-electron chi connectivity index (χ3n) is 1.81. The number of rotatable bonds is 12. The van der Waals surface area contributed by atoms with Gasteiger partial charge in [0, 0.05) is 13.7 Å². The molecule has 0 aliphatic heterocycles. The standard InChI is InChI=1S/C11H20N2O5/c1-15-4-5-17-8-9-18-7-6-16-3-2-13-11(14)10-12/h2-9H2,1H3,(H,13,14). The summed E-state index contributed by atoms with van der Waals surface area (Å²) in [6, 6.07) is 1.45. The van der Waals surface area contributed by atoms with Gasteiger partial charge in [0.1, 0.15) is 0 Å². The Kier molecular flexibility index (Phi) is 12.9. The first-order valence-corrected chi connectivity index (χ1v) is 5.71. The molecule has 18 heavy (non-hydrogen) atoms. The summed E-state index contributed by atoms with van der Waals surface area (Å²) in [5, 5.41) is 10.5. The highest BCUT2D eigenvalue weighted by Gasteiger charge is 1.95. The highest BCUT2D eigenvalue weighted by atomic mass is 16.6. The molecule has 1 N–H and O–H groups in total. The Morgan fingerprint density at radius 1 is 1.00 bits per heavy atom. The zero-order valence-corrected chi connectivity index (χ0v) is 10.6. The molecule has 0 saturated carbocycles. The van der Waals surface area contributed by atoms with E-state index in [0.717, 1.165) is 0 Å². The Morgan fingerprint density at radius 2 is 1.50 bits per heavy atom. The number of ether oxygens (including phenoxy) is 4. The molecule has 0 heterocycles. The van der Waals surface area contributed by atoms with Gasteiger partial charge in [-0.25, -0.2) is 0 Å². The van der Waals surface area contributed by atoms with Crippen LogP contribution in [0.3, 0.4) is 0 Å². The maximum Gasteiger partial charge on any atom is 0.322 e. The lowest BCUT2D eigenvalue weighted by Gasteiger charge is -2.06. The van der Waals surface area contributed by atoms with E-state index in [2.05, 4.69) is 5.32 Å². The smallest absolute Gasteiger partial charge is 0.322 e. The summed E-state index contributed by atoms with van der Waals surface area (Å²) in [5.41, 5.74) is 0. The molecule has 0 radical (unpaired) electrons. The first kappa shape index (κ1) is 16.8. The summed E-state index contributed by atoms with van der Waals surface area (Å²) in [6.45, 7) is 3.79. The molecule has 0 saturated heterocycles. The Labute approximate surface area is 107 Å². The molecule has 0 unspecified atom stereocenters. The van der Waals surface area contributed by atoms with E-state index in [-0.39, 0.29) is 0 Å². The molecule has 0 aromatic heterocycles. The second kappa shape index (κ2) is 13.9. The van der Waals surface area contributed by atoms with Crippen LogP contribution >= 0.6 is 0 Å². The Bertz CT molecular complexity index is 242. The van der Waals surface area contributed by atoms with Crippen LogP contribution in [0, 0.1) is 11.3 Å². The molecule has 0 aliphatic rings. The molecule has 0 spiro atoms. The van der Waals surface area contributed by atoms with Crippen molar-refractivity contribution in [1.29, 1.82) is 5.26 Å². The van der Waals surface area contributed by atoms with Gasteiger partial charge < -0.3 is 24.3 Å². The van der Waals surface area contributed by atoms with Crippen molar-refractivity contribution in [2.24, 2.45) is 0 Å². The highest BCUT2D eigenvalue weighted by molar-refractivity contribution is 5.91. The quantitative estimate of drug-likeness (QED) is 0.369. The average molecular weight is 260 g/mol. The molecule has 0 rings (SSSR count). The van der Waals surface area contributed by atoms with Gasteiger partial charge in [0.2, 0.25) is 0 Å². The van der Waals surface area contributed by atoms with Gasteiger partial charge in [-0.15, -0.1) is 0 Å². The van der Waals surface area contributed by atoms with Gasteiger partial charge in [0.05, 0.1) is 46.2 Å². The van der Waals surface area contributed by atoms with E-state index < -0.39 is 5.91 Å². The summed E-state index contributed by atoms with van der Waals surface area (Å²) < 4.78 is 20.4. The molecule has 0 fully saturated rings. The number of nitrogens with one attached hydrogen (secondary N) is 1. The average Bonchev–Trinajstić information content (AvgIpc) is 2.39. The minimum atomic E-state index is -0.650. The van der Waals surface area contributed by atoms with E-state index >= 15 is 0 Å². The number of methoxy groups -OCH3 is 1. The van der Waals surface area contributed by atoms with Crippen molar-refractivity contribution < 1.29 is 23.7 Å². The van der Waals surface area contributed by atoms with Crippen LogP contribution in [0.15, 0.2) is 0 Å². The normalized spacial score (nSPS) is 10.0. The van der Waals surface area contributed by atoms with E-state index in [4.69, 9.17) is 24.2 Å². The fourth-order valence-corrected chi connectivity index (χ4v) is 0.960. The monoisotopic (exact) mass is 260 g/mol. The first-order valence-electron chi connectivity index (χ1n) is 5.71. The molecule has 7 heteroatoms. The van der Waals surface area contributed by atoms with Crippen LogP contribution < -0.4 is 5.32 Å². The largest absolute Gasteiger partial charge is 0.382 e. The minimum absolute atomic E-state index is 0.326. The van der Waals surface area contributed by atoms with Crippen molar-refractivity contribution in [2.75, 3.05) is 59.9 Å². The van der Waals surface area contributed by atoms with Crippen LogP contribution in [-0.4, -0.2) is 65.8 Å². The number of nitriles is 1. The van der Waals surface area contributed by atoms with Crippen LogP contribution in [-0.2, 0) is 23.7 Å². The third-order valence-corrected chi connectivity index (χ3v) is 1.81. The summed E-state index contributed by atoms with van der Waals surface area (Å²) in [7, 11) is 1.62. The minimum Gasteiger partial charge on any atom is -0.382 e. The molecule has 0 atom stereocenters. The van der Waals surface area contributed by atoms with E-state index in [0.29, 0.717) is 52.8 Å². The summed E-state index contributed by atoms with van der Waals surface area (Å²) in [4.78, 5) is 10.5. The van der Waals surface area contributed by atoms with Gasteiger partial charge >= 0.3 is 5.91 Å². The molecular weight excluding hydrogens is 240 g/mol. The fourth-order valence-electron chi connectivity index (χ4n) is 0.960. The molecule has 0 aromatic carbocycles. The number of carbonyl (C=O) groups is 1. The van der Waals surface area contributed by atoms with E-state index in [1.54, 1.807) is 7.11 Å². The first-order chi connectivity index (χ1) is 8.81. The van der Waals surface area contributed by atoms with Crippen molar-refractivity contribution >= 4 is 5.91 Å². The Morgan fingerprint density at radius 3 is 2.00 bits per heavy atom. The number of nitrogens with zero attached hydrogens (tertiary/aromatic N) is 1. The lowest BCUT2D eigenvalue weighted by Crippen LogP contribution is -2.26. The van der Waals surface area contributed by atoms with Crippen molar-refractivity contribution in [3.05, 3.63) is 0 Å². The SMILES string of the molecule is COCCOCCOCCOCCNC(=O)C#N. The summed E-state index contributed by atoms with van der Waals surface area (Å²) in [6.07, 6.45) is 0. The van der Waals surface area contributed by atoms with Crippen LogP contribution in [0.2, 0.25) is 0 Å². The van der Waals surface area contributed by atoms with Gasteiger partial charge in [-0.2, -0.15) is 5.26 Å². The second-order valence-corrected chi connectivity index (χ2v) is 3.20. The third kappa shape index (κ3) is 12.9. The summed E-state index contributed by atoms with van der Waals surface area (Å²) in [5.74, 6) is -0.650. The van der Waals surface area contributed by atoms with Crippen LogP contribution in [0.5, 0.6) is 0 Å². The van der Waals surface area contributed by atoms with Gasteiger partial charge in [-0.05, 0) is 0 Å². The molecule has 0 bridgehead atoms. The predicted octanol–water partition coefficient (Wildman–Crippen LogP) is -0.678. The molecule has 104 valence electrons. The Hall–Kier alpha value is -1.20. The molecule has 1 amide bonds. The maximum atomic E-state index is 10.5. The topological polar surface area (TPSA) is 89.8 Å².